The summed E-state index contributed by atoms with van der Waals surface area (Å²) in [5.41, 5.74) is 1.60. The van der Waals surface area contributed by atoms with Crippen LogP contribution in [0.1, 0.15) is 11.1 Å². The van der Waals surface area contributed by atoms with Crippen molar-refractivity contribution in [2.75, 3.05) is 10.6 Å². The smallest absolute Gasteiger partial charge is 0.315 e. The second-order valence-corrected chi connectivity index (χ2v) is 5.06. The van der Waals surface area contributed by atoms with E-state index in [4.69, 9.17) is 0 Å². The Labute approximate surface area is 144 Å². The van der Waals surface area contributed by atoms with Crippen molar-refractivity contribution in [2.45, 2.75) is 13.1 Å². The minimum Gasteiger partial charge on any atom is -0.350 e. The van der Waals surface area contributed by atoms with E-state index in [9.17, 15) is 17.6 Å². The quantitative estimate of drug-likeness (QED) is 0.512. The minimum absolute atomic E-state index is 0.160. The van der Waals surface area contributed by atoms with Crippen LogP contribution in [0, 0.1) is 24.1 Å². The molecule has 0 atom stereocenters. The third-order valence-corrected chi connectivity index (χ3v) is 3.17. The minimum atomic E-state index is -1.21. The highest BCUT2D eigenvalue weighted by Gasteiger charge is 2.06. The number of benzene rings is 1. The molecule has 7 nitrogen and oxygen atoms in total. The molecule has 0 aliphatic heterocycles. The van der Waals surface area contributed by atoms with Crippen molar-refractivity contribution in [3.05, 3.63) is 65.5 Å². The second-order valence-electron chi connectivity index (χ2n) is 5.06. The van der Waals surface area contributed by atoms with Gasteiger partial charge in [-0.05, 0) is 11.1 Å². The highest BCUT2D eigenvalue weighted by Crippen LogP contribution is 2.10. The molecule has 2 heterocycles. The Hall–Kier alpha value is -3.37. The van der Waals surface area contributed by atoms with Gasteiger partial charge in [-0.3, -0.25) is 0 Å². The van der Waals surface area contributed by atoms with Crippen LogP contribution in [-0.4, -0.2) is 24.9 Å². The number of anilines is 2. The maximum absolute atomic E-state index is 13.0. The zero-order valence-corrected chi connectivity index (χ0v) is 13.0. The van der Waals surface area contributed by atoms with E-state index in [0.717, 1.165) is 11.1 Å². The summed E-state index contributed by atoms with van der Waals surface area (Å²) in [6.07, 6.45) is -2.42. The molecule has 0 spiro atoms. The summed E-state index contributed by atoms with van der Waals surface area (Å²) in [5.74, 6) is -2.31. The summed E-state index contributed by atoms with van der Waals surface area (Å²) in [4.78, 5) is 16.3. The van der Waals surface area contributed by atoms with Crippen LogP contribution >= 0.6 is 0 Å². The SMILES string of the molecule is Fc1cc(F)nc(NCc2ccc(CNc3nc(F)nc(F)n3)cc2)n1. The fraction of sp³-hybridized carbons (Fsp3) is 0.133. The lowest BCUT2D eigenvalue weighted by molar-refractivity contribution is 0.457. The van der Waals surface area contributed by atoms with Crippen LogP contribution in [0.25, 0.3) is 0 Å². The molecule has 0 fully saturated rings. The largest absolute Gasteiger partial charge is 0.350 e. The lowest BCUT2D eigenvalue weighted by atomic mass is 10.1. The van der Waals surface area contributed by atoms with Crippen molar-refractivity contribution in [3.8, 4) is 0 Å². The fourth-order valence-electron chi connectivity index (χ4n) is 2.01. The Bertz CT molecular complexity index is 790. The van der Waals surface area contributed by atoms with Crippen molar-refractivity contribution in [2.24, 2.45) is 0 Å². The molecule has 134 valence electrons. The Morgan fingerprint density at radius 2 is 1.04 bits per heavy atom. The fourth-order valence-corrected chi connectivity index (χ4v) is 2.01. The maximum Gasteiger partial charge on any atom is 0.315 e. The number of aromatic nitrogens is 5. The van der Waals surface area contributed by atoms with Crippen molar-refractivity contribution < 1.29 is 17.6 Å². The van der Waals surface area contributed by atoms with Crippen LogP contribution in [0.15, 0.2) is 30.3 Å². The van der Waals surface area contributed by atoms with Gasteiger partial charge in [-0.2, -0.15) is 42.5 Å². The number of rotatable bonds is 6. The lowest BCUT2D eigenvalue weighted by Crippen LogP contribution is -2.08. The number of nitrogens with zero attached hydrogens (tertiary/aromatic N) is 5. The summed E-state index contributed by atoms with van der Waals surface area (Å²) in [5, 5.41) is 5.38. The van der Waals surface area contributed by atoms with E-state index in [1.165, 1.54) is 0 Å². The lowest BCUT2D eigenvalue weighted by Gasteiger charge is -2.07. The van der Waals surface area contributed by atoms with Gasteiger partial charge in [0, 0.05) is 19.2 Å². The van der Waals surface area contributed by atoms with Gasteiger partial charge >= 0.3 is 12.2 Å². The first-order valence-corrected chi connectivity index (χ1v) is 7.30. The standard InChI is InChI=1S/C15H11F4N7/c16-10-5-11(17)23-14(22-10)20-6-8-1-3-9(4-2-8)7-21-15-25-12(18)24-13(19)26-15/h1-5H,6-7H2,(H,20,22,23)(H,21,24,25,26). The molecule has 0 amide bonds. The molecule has 3 aromatic rings. The van der Waals surface area contributed by atoms with Gasteiger partial charge < -0.3 is 10.6 Å². The molecule has 11 heteroatoms. The van der Waals surface area contributed by atoms with Crippen molar-refractivity contribution in [3.63, 3.8) is 0 Å². The summed E-state index contributed by atoms with van der Waals surface area (Å²) >= 11 is 0. The van der Waals surface area contributed by atoms with Crippen LogP contribution in [0.3, 0.4) is 0 Å². The summed E-state index contributed by atoms with van der Waals surface area (Å²) in [6, 6.07) is 7.61. The van der Waals surface area contributed by atoms with Crippen LogP contribution < -0.4 is 10.6 Å². The Morgan fingerprint density at radius 3 is 1.50 bits per heavy atom. The molecule has 0 aliphatic rings. The highest BCUT2D eigenvalue weighted by molar-refractivity contribution is 5.31. The van der Waals surface area contributed by atoms with Gasteiger partial charge in [-0.1, -0.05) is 24.3 Å². The van der Waals surface area contributed by atoms with Gasteiger partial charge in [0.05, 0.1) is 0 Å². The van der Waals surface area contributed by atoms with Crippen LogP contribution in [-0.2, 0) is 13.1 Å². The van der Waals surface area contributed by atoms with E-state index in [-0.39, 0.29) is 25.0 Å². The zero-order chi connectivity index (χ0) is 18.5. The molecule has 0 unspecified atom stereocenters. The Balaban J connectivity index is 1.56. The van der Waals surface area contributed by atoms with Gasteiger partial charge in [-0.15, -0.1) is 0 Å². The van der Waals surface area contributed by atoms with Gasteiger partial charge in [0.1, 0.15) is 0 Å². The molecule has 0 radical (unpaired) electrons. The van der Waals surface area contributed by atoms with E-state index in [1.807, 2.05) is 0 Å². The molecule has 0 saturated carbocycles. The molecule has 1 aromatic carbocycles. The number of hydrogen-bond donors (Lipinski definition) is 2. The molecule has 0 bridgehead atoms. The number of nitrogens with one attached hydrogen (secondary N) is 2. The van der Waals surface area contributed by atoms with E-state index >= 15 is 0 Å². The molecule has 0 saturated heterocycles. The topological polar surface area (TPSA) is 88.5 Å². The average molecular weight is 365 g/mol. The van der Waals surface area contributed by atoms with E-state index in [0.29, 0.717) is 6.07 Å². The van der Waals surface area contributed by atoms with Gasteiger partial charge in [0.25, 0.3) is 0 Å². The van der Waals surface area contributed by atoms with Crippen molar-refractivity contribution >= 4 is 11.9 Å². The molecule has 2 N–H and O–H groups in total. The van der Waals surface area contributed by atoms with E-state index in [1.54, 1.807) is 24.3 Å². The van der Waals surface area contributed by atoms with Gasteiger partial charge in [0.15, 0.2) is 0 Å². The predicted octanol–water partition coefficient (Wildman–Crippen LogP) is 2.44. The third-order valence-electron chi connectivity index (χ3n) is 3.17. The first-order chi connectivity index (χ1) is 12.5. The Morgan fingerprint density at radius 1 is 0.615 bits per heavy atom. The summed E-state index contributed by atoms with van der Waals surface area (Å²) < 4.78 is 51.7. The molecule has 2 aromatic heterocycles. The molecule has 0 aliphatic carbocycles. The summed E-state index contributed by atoms with van der Waals surface area (Å²) in [6.45, 7) is 0.481. The molecular weight excluding hydrogens is 354 g/mol. The highest BCUT2D eigenvalue weighted by atomic mass is 19.1. The monoisotopic (exact) mass is 365 g/mol. The van der Waals surface area contributed by atoms with Crippen molar-refractivity contribution in [1.29, 1.82) is 0 Å². The van der Waals surface area contributed by atoms with Gasteiger partial charge in [-0.25, -0.2) is 0 Å². The van der Waals surface area contributed by atoms with E-state index in [2.05, 4.69) is 35.6 Å². The third kappa shape index (κ3) is 4.82. The number of hydrogen-bond acceptors (Lipinski definition) is 7. The first kappa shape index (κ1) is 17.5. The predicted molar refractivity (Wildman–Crippen MR) is 82.8 cm³/mol. The maximum atomic E-state index is 13.0. The summed E-state index contributed by atoms with van der Waals surface area (Å²) in [7, 11) is 0. The Kier molecular flexibility index (Phi) is 5.15. The first-order valence-electron chi connectivity index (χ1n) is 7.30. The van der Waals surface area contributed by atoms with Gasteiger partial charge in [0.2, 0.25) is 23.8 Å². The van der Waals surface area contributed by atoms with Crippen LogP contribution in [0.4, 0.5) is 29.5 Å². The van der Waals surface area contributed by atoms with Crippen molar-refractivity contribution in [1.82, 2.24) is 24.9 Å². The van der Waals surface area contributed by atoms with E-state index < -0.39 is 24.1 Å². The molecular formula is C15H11F4N7. The average Bonchev–Trinajstić information content (AvgIpc) is 2.57. The van der Waals surface area contributed by atoms with Crippen LogP contribution in [0.5, 0.6) is 0 Å². The number of halogens is 4. The zero-order valence-electron chi connectivity index (χ0n) is 13.0. The normalized spacial score (nSPS) is 10.6. The molecule has 26 heavy (non-hydrogen) atoms. The van der Waals surface area contributed by atoms with Crippen LogP contribution in [0.2, 0.25) is 0 Å². The second kappa shape index (κ2) is 7.68. The molecule has 3 rings (SSSR count).